The normalized spacial score (nSPS) is 37.2. The Balaban J connectivity index is 1.68. The lowest BCUT2D eigenvalue weighted by Gasteiger charge is -2.50. The van der Waals surface area contributed by atoms with Crippen molar-refractivity contribution >= 4 is 11.6 Å². The minimum absolute atomic E-state index is 0.0731. The Kier molecular flexibility index (Phi) is 9.16. The first kappa shape index (κ1) is 27.5. The highest BCUT2D eigenvalue weighted by molar-refractivity contribution is 5.82. The highest BCUT2D eigenvalue weighted by Crippen LogP contribution is 2.47. The van der Waals surface area contributed by atoms with Gasteiger partial charge in [0.1, 0.15) is 12.3 Å². The minimum atomic E-state index is -1.19. The van der Waals surface area contributed by atoms with Crippen LogP contribution in [0.4, 0.5) is 8.78 Å². The first-order chi connectivity index (χ1) is 15.9. The highest BCUT2D eigenvalue weighted by atomic mass is 19.1. The summed E-state index contributed by atoms with van der Waals surface area (Å²) in [5, 5.41) is 22.8. The van der Waals surface area contributed by atoms with E-state index in [-0.39, 0.29) is 49.1 Å². The summed E-state index contributed by atoms with van der Waals surface area (Å²) in [6.45, 7) is 7.18. The zero-order valence-electron chi connectivity index (χ0n) is 21.4. The Labute approximate surface area is 204 Å². The number of carbonyl (C=O) groups is 1. The molecule has 0 saturated heterocycles. The van der Waals surface area contributed by atoms with E-state index < -0.39 is 30.3 Å². The number of amides is 1. The van der Waals surface area contributed by atoms with Crippen molar-refractivity contribution in [1.29, 1.82) is 5.41 Å². The van der Waals surface area contributed by atoms with Gasteiger partial charge in [-0.3, -0.25) is 4.79 Å². The van der Waals surface area contributed by atoms with Crippen LogP contribution in [0, 0.1) is 34.5 Å². The molecule has 3 aliphatic carbocycles. The fraction of sp³-hybridized carbons (Fsp3) is 0.926. The molecule has 6 atom stereocenters. The molecule has 0 radical (unpaired) electrons. The second kappa shape index (κ2) is 11.3. The van der Waals surface area contributed by atoms with Gasteiger partial charge in [-0.15, -0.1) is 0 Å². The number of aliphatic hydroxyl groups excluding tert-OH is 1. The third kappa shape index (κ3) is 6.99. The Hall–Kier alpha value is -1.08. The van der Waals surface area contributed by atoms with Crippen molar-refractivity contribution in [2.75, 3.05) is 6.54 Å². The molecule has 0 aromatic rings. The maximum absolute atomic E-state index is 13.9. The number of nitrogens with one attached hydrogen (secondary N) is 2. The summed E-state index contributed by atoms with van der Waals surface area (Å²) in [6, 6.07) is 0. The van der Waals surface area contributed by atoms with Gasteiger partial charge in [0.15, 0.2) is 0 Å². The van der Waals surface area contributed by atoms with E-state index in [0.29, 0.717) is 11.8 Å². The van der Waals surface area contributed by atoms with Crippen LogP contribution in [0.25, 0.3) is 0 Å². The van der Waals surface area contributed by atoms with E-state index in [4.69, 9.17) is 11.1 Å². The number of β-amino-alcohol motifs (C(OH)–C–C–N with tert-alkyl or cyclic N) is 1. The molecule has 6 unspecified atom stereocenters. The SMILES string of the molecule is CC(C)(C)C1CCCC(C2(NCC(O)C(CC3CC(F)CC(F)C3)C(N)=O)CCC(=N)CC2)C1. The van der Waals surface area contributed by atoms with Gasteiger partial charge in [0.25, 0.3) is 0 Å². The number of primary amides is 1. The first-order valence-electron chi connectivity index (χ1n) is 13.5. The molecule has 3 fully saturated rings. The third-order valence-corrected chi connectivity index (χ3v) is 9.20. The van der Waals surface area contributed by atoms with Crippen LogP contribution in [0.1, 0.15) is 97.8 Å². The van der Waals surface area contributed by atoms with Gasteiger partial charge in [-0.1, -0.05) is 27.2 Å². The van der Waals surface area contributed by atoms with E-state index in [0.717, 1.165) is 44.2 Å². The second-order valence-corrected chi connectivity index (χ2v) is 12.6. The Morgan fingerprint density at radius 3 is 2.32 bits per heavy atom. The molecule has 34 heavy (non-hydrogen) atoms. The fourth-order valence-electron chi connectivity index (χ4n) is 6.96. The number of alkyl halides is 2. The lowest BCUT2D eigenvalue weighted by atomic mass is 9.61. The van der Waals surface area contributed by atoms with E-state index in [9.17, 15) is 18.7 Å². The zero-order chi connectivity index (χ0) is 25.1. The molecule has 5 N–H and O–H groups in total. The average Bonchev–Trinajstić information content (AvgIpc) is 2.76. The predicted octanol–water partition coefficient (Wildman–Crippen LogP) is 5.09. The molecule has 1 amide bonds. The number of carbonyl (C=O) groups excluding carboxylic acids is 1. The molecular formula is C27H47F2N3O2. The fourth-order valence-corrected chi connectivity index (χ4v) is 6.96. The van der Waals surface area contributed by atoms with Crippen molar-refractivity contribution in [3.05, 3.63) is 0 Å². The van der Waals surface area contributed by atoms with Crippen LogP contribution < -0.4 is 11.1 Å². The molecule has 0 heterocycles. The van der Waals surface area contributed by atoms with Gasteiger partial charge < -0.3 is 21.6 Å². The lowest BCUT2D eigenvalue weighted by Crippen LogP contribution is -2.57. The molecule has 3 saturated carbocycles. The average molecular weight is 484 g/mol. The van der Waals surface area contributed by atoms with Crippen LogP contribution in [-0.2, 0) is 4.79 Å². The smallest absolute Gasteiger partial charge is 0.223 e. The van der Waals surface area contributed by atoms with Crippen molar-refractivity contribution in [3.63, 3.8) is 0 Å². The van der Waals surface area contributed by atoms with Crippen LogP contribution in [0.5, 0.6) is 0 Å². The summed E-state index contributed by atoms with van der Waals surface area (Å²) in [6.07, 6.45) is 5.21. The van der Waals surface area contributed by atoms with Gasteiger partial charge in [-0.05, 0) is 87.4 Å². The zero-order valence-corrected chi connectivity index (χ0v) is 21.4. The van der Waals surface area contributed by atoms with Crippen molar-refractivity contribution in [2.45, 2.75) is 122 Å². The topological polar surface area (TPSA) is 99.2 Å². The van der Waals surface area contributed by atoms with Crippen LogP contribution in [0.15, 0.2) is 0 Å². The van der Waals surface area contributed by atoms with Crippen molar-refractivity contribution in [3.8, 4) is 0 Å². The summed E-state index contributed by atoms with van der Waals surface area (Å²) < 4.78 is 27.8. The van der Waals surface area contributed by atoms with E-state index >= 15 is 0 Å². The van der Waals surface area contributed by atoms with Crippen LogP contribution in [-0.4, -0.2) is 47.3 Å². The Bertz CT molecular complexity index is 690. The number of rotatable bonds is 8. The van der Waals surface area contributed by atoms with E-state index in [1.54, 1.807) is 0 Å². The molecule has 196 valence electrons. The standard InChI is InChI=1S/C27H47F2N3O2/c1-26(2,3)18-5-4-6-19(14-18)27(9-7-22(30)8-10-27)32-16-24(33)23(25(31)34)13-17-11-20(28)15-21(29)12-17/h17-21,23-24,30,32-33H,4-16H2,1-3H3,(H2,31,34). The summed E-state index contributed by atoms with van der Waals surface area (Å²) in [4.78, 5) is 12.2. The molecule has 5 nitrogen and oxygen atoms in total. The predicted molar refractivity (Wildman–Crippen MR) is 132 cm³/mol. The van der Waals surface area contributed by atoms with Crippen molar-refractivity contribution in [1.82, 2.24) is 5.32 Å². The minimum Gasteiger partial charge on any atom is -0.391 e. The number of hydrogen-bond donors (Lipinski definition) is 4. The maximum atomic E-state index is 13.9. The van der Waals surface area contributed by atoms with E-state index in [1.807, 2.05) is 0 Å². The van der Waals surface area contributed by atoms with E-state index in [2.05, 4.69) is 26.1 Å². The summed E-state index contributed by atoms with van der Waals surface area (Å²) >= 11 is 0. The Morgan fingerprint density at radius 1 is 1.15 bits per heavy atom. The first-order valence-corrected chi connectivity index (χ1v) is 13.5. The molecule has 0 aromatic carbocycles. The van der Waals surface area contributed by atoms with Crippen molar-refractivity contribution in [2.24, 2.45) is 34.8 Å². The lowest BCUT2D eigenvalue weighted by molar-refractivity contribution is -0.126. The molecule has 0 spiro atoms. The monoisotopic (exact) mass is 483 g/mol. The molecule has 0 aromatic heterocycles. The highest BCUT2D eigenvalue weighted by Gasteiger charge is 2.45. The number of aliphatic hydroxyl groups is 1. The summed E-state index contributed by atoms with van der Waals surface area (Å²) in [5.74, 6) is -0.585. The second-order valence-electron chi connectivity index (χ2n) is 12.6. The van der Waals surface area contributed by atoms with E-state index in [1.165, 1.54) is 12.8 Å². The van der Waals surface area contributed by atoms with Gasteiger partial charge in [0.2, 0.25) is 5.91 Å². The Morgan fingerprint density at radius 2 is 1.76 bits per heavy atom. The van der Waals surface area contributed by atoms with Crippen molar-refractivity contribution < 1.29 is 18.7 Å². The van der Waals surface area contributed by atoms with Crippen LogP contribution in [0.3, 0.4) is 0 Å². The van der Waals surface area contributed by atoms with Gasteiger partial charge in [0, 0.05) is 24.2 Å². The quantitative estimate of drug-likeness (QED) is 0.387. The molecule has 3 rings (SSSR count). The summed E-state index contributed by atoms with van der Waals surface area (Å²) in [7, 11) is 0. The largest absolute Gasteiger partial charge is 0.391 e. The summed E-state index contributed by atoms with van der Waals surface area (Å²) in [5.41, 5.74) is 6.53. The van der Waals surface area contributed by atoms with Gasteiger partial charge in [-0.2, -0.15) is 0 Å². The molecule has 7 heteroatoms. The molecule has 0 aliphatic heterocycles. The van der Waals surface area contributed by atoms with Crippen LogP contribution >= 0.6 is 0 Å². The number of nitrogens with two attached hydrogens (primary N) is 1. The number of halogens is 2. The third-order valence-electron chi connectivity index (χ3n) is 9.20. The van der Waals surface area contributed by atoms with Gasteiger partial charge in [-0.25, -0.2) is 8.78 Å². The molecular weight excluding hydrogens is 436 g/mol. The molecule has 3 aliphatic rings. The molecule has 0 bridgehead atoms. The van der Waals surface area contributed by atoms with Gasteiger partial charge in [0.05, 0.1) is 12.0 Å². The van der Waals surface area contributed by atoms with Crippen LogP contribution in [0.2, 0.25) is 0 Å². The maximum Gasteiger partial charge on any atom is 0.223 e. The number of hydrogen-bond acceptors (Lipinski definition) is 4. The van der Waals surface area contributed by atoms with Gasteiger partial charge >= 0.3 is 0 Å².